The zero-order valence-electron chi connectivity index (χ0n) is 13.0. The molecule has 22 heavy (non-hydrogen) atoms. The molecule has 0 bridgehead atoms. The van der Waals surface area contributed by atoms with E-state index in [1.54, 1.807) is 18.2 Å². The summed E-state index contributed by atoms with van der Waals surface area (Å²) in [6.07, 6.45) is 4.70. The van der Waals surface area contributed by atoms with Crippen LogP contribution in [0.4, 0.5) is 4.79 Å². The summed E-state index contributed by atoms with van der Waals surface area (Å²) >= 11 is 0. The Kier molecular flexibility index (Phi) is 7.05. The van der Waals surface area contributed by atoms with Crippen LogP contribution in [0.25, 0.3) is 0 Å². The van der Waals surface area contributed by atoms with Gasteiger partial charge in [-0.15, -0.1) is 0 Å². The van der Waals surface area contributed by atoms with Crippen LogP contribution in [-0.2, 0) is 10.0 Å². The highest BCUT2D eigenvalue weighted by atomic mass is 32.2. The van der Waals surface area contributed by atoms with Gasteiger partial charge in [0.1, 0.15) is 0 Å². The number of hydrogen-bond donors (Lipinski definition) is 3. The summed E-state index contributed by atoms with van der Waals surface area (Å²) in [7, 11) is -3.57. The Morgan fingerprint density at radius 3 is 2.73 bits per heavy atom. The number of nitrogens with one attached hydrogen (secondary N) is 1. The van der Waals surface area contributed by atoms with Crippen molar-refractivity contribution in [1.82, 2.24) is 9.62 Å². The monoisotopic (exact) mass is 331 g/mol. The summed E-state index contributed by atoms with van der Waals surface area (Å²) in [4.78, 5) is 10.7. The third-order valence-electron chi connectivity index (χ3n) is 3.17. The summed E-state index contributed by atoms with van der Waals surface area (Å²) in [5.74, 6) is 0.178. The molecule has 1 aliphatic rings. The minimum atomic E-state index is -3.57. The van der Waals surface area contributed by atoms with Crippen molar-refractivity contribution in [1.29, 1.82) is 0 Å². The van der Waals surface area contributed by atoms with Crippen LogP contribution in [0.5, 0.6) is 0 Å². The smallest absolute Gasteiger partial charge is 0.404 e. The molecule has 1 rings (SSSR count). The molecule has 0 aromatic carbocycles. The topological polar surface area (TPSA) is 113 Å². The highest BCUT2D eigenvalue weighted by Crippen LogP contribution is 2.21. The number of allylic oxidation sites excluding steroid dienone is 1. The molecule has 0 fully saturated rings. The first-order chi connectivity index (χ1) is 10.2. The van der Waals surface area contributed by atoms with E-state index in [1.165, 1.54) is 4.31 Å². The molecule has 0 aliphatic heterocycles. The van der Waals surface area contributed by atoms with Crippen molar-refractivity contribution in [3.63, 3.8) is 0 Å². The van der Waals surface area contributed by atoms with E-state index in [9.17, 15) is 13.2 Å². The van der Waals surface area contributed by atoms with Gasteiger partial charge in [0.2, 0.25) is 10.0 Å². The first kappa shape index (κ1) is 18.7. The maximum absolute atomic E-state index is 12.7. The molecule has 0 radical (unpaired) electrons. The van der Waals surface area contributed by atoms with Crippen molar-refractivity contribution in [2.75, 3.05) is 19.6 Å². The van der Waals surface area contributed by atoms with E-state index in [-0.39, 0.29) is 30.0 Å². The molecule has 0 saturated heterocycles. The molecule has 0 heterocycles. The van der Waals surface area contributed by atoms with E-state index in [2.05, 4.69) is 5.32 Å². The number of amides is 1. The first-order valence-corrected chi connectivity index (χ1v) is 8.78. The zero-order chi connectivity index (χ0) is 16.8. The third kappa shape index (κ3) is 5.78. The second-order valence-electron chi connectivity index (χ2n) is 5.71. The molecular formula is C14H25N3O4S. The molecule has 8 heteroatoms. The fraction of sp³-hybridized carbons (Fsp3) is 0.643. The van der Waals surface area contributed by atoms with E-state index in [0.717, 1.165) is 0 Å². The lowest BCUT2D eigenvalue weighted by atomic mass is 10.1. The van der Waals surface area contributed by atoms with Gasteiger partial charge in [-0.1, -0.05) is 26.0 Å². The molecule has 1 unspecified atom stereocenters. The van der Waals surface area contributed by atoms with Gasteiger partial charge in [0.05, 0.1) is 4.91 Å². The Labute approximate surface area is 131 Å². The second kappa shape index (κ2) is 8.30. The lowest BCUT2D eigenvalue weighted by molar-refractivity contribution is 0.194. The van der Waals surface area contributed by atoms with Crippen LogP contribution in [0.2, 0.25) is 0 Å². The molecule has 1 atom stereocenters. The standard InChI is InChI=1S/C14H25N3O4S/c1-11(2)10-17(9-3-8-16-14(18)19)22(20,21)13-6-4-12(15)5-7-13/h4,6-7,11-12,16H,3,5,8-10,15H2,1-2H3,(H,18,19). The Hall–Kier alpha value is -1.38. The fourth-order valence-electron chi connectivity index (χ4n) is 2.13. The predicted octanol–water partition coefficient (Wildman–Crippen LogP) is 1.10. The van der Waals surface area contributed by atoms with Crippen LogP contribution in [0, 0.1) is 5.92 Å². The van der Waals surface area contributed by atoms with Crippen LogP contribution in [0.15, 0.2) is 23.1 Å². The summed E-state index contributed by atoms with van der Waals surface area (Å²) in [5, 5.41) is 10.8. The van der Waals surface area contributed by atoms with E-state index in [1.807, 2.05) is 13.8 Å². The summed E-state index contributed by atoms with van der Waals surface area (Å²) < 4.78 is 26.8. The summed E-state index contributed by atoms with van der Waals surface area (Å²) in [5.41, 5.74) is 5.72. The highest BCUT2D eigenvalue weighted by molar-refractivity contribution is 7.93. The van der Waals surface area contributed by atoms with Gasteiger partial charge >= 0.3 is 6.09 Å². The van der Waals surface area contributed by atoms with E-state index < -0.39 is 16.1 Å². The molecule has 4 N–H and O–H groups in total. The van der Waals surface area contributed by atoms with Crippen molar-refractivity contribution >= 4 is 16.1 Å². The number of carbonyl (C=O) groups is 1. The molecule has 0 spiro atoms. The average molecular weight is 331 g/mol. The average Bonchev–Trinajstić information content (AvgIpc) is 2.42. The van der Waals surface area contributed by atoms with Gasteiger partial charge < -0.3 is 16.2 Å². The maximum Gasteiger partial charge on any atom is 0.404 e. The van der Waals surface area contributed by atoms with Crippen molar-refractivity contribution in [2.24, 2.45) is 11.7 Å². The molecule has 0 aromatic heterocycles. The van der Waals surface area contributed by atoms with Crippen molar-refractivity contribution in [3.8, 4) is 0 Å². The maximum atomic E-state index is 12.7. The van der Waals surface area contributed by atoms with Gasteiger partial charge in [0, 0.05) is 25.7 Å². The van der Waals surface area contributed by atoms with Gasteiger partial charge in [0.15, 0.2) is 0 Å². The third-order valence-corrected chi connectivity index (χ3v) is 5.08. The SMILES string of the molecule is CC(C)CN(CCCNC(=O)O)S(=O)(=O)C1=CCC(N)C=C1. The van der Waals surface area contributed by atoms with Crippen molar-refractivity contribution < 1.29 is 18.3 Å². The minimum Gasteiger partial charge on any atom is -0.465 e. The summed E-state index contributed by atoms with van der Waals surface area (Å²) in [6, 6.07) is -0.141. The Morgan fingerprint density at radius 1 is 1.55 bits per heavy atom. The number of hydrogen-bond acceptors (Lipinski definition) is 4. The largest absolute Gasteiger partial charge is 0.465 e. The predicted molar refractivity (Wildman–Crippen MR) is 85.8 cm³/mol. The number of nitrogens with zero attached hydrogens (tertiary/aromatic N) is 1. The minimum absolute atomic E-state index is 0.141. The molecule has 1 aliphatic carbocycles. The Bertz CT molecular complexity index is 540. The normalized spacial score (nSPS) is 18.6. The van der Waals surface area contributed by atoms with Crippen molar-refractivity contribution in [2.45, 2.75) is 32.7 Å². The van der Waals surface area contributed by atoms with Gasteiger partial charge in [0.25, 0.3) is 0 Å². The molecular weight excluding hydrogens is 306 g/mol. The van der Waals surface area contributed by atoms with E-state index in [4.69, 9.17) is 10.8 Å². The lowest BCUT2D eigenvalue weighted by Crippen LogP contribution is -2.37. The van der Waals surface area contributed by atoms with E-state index >= 15 is 0 Å². The molecule has 1 amide bonds. The van der Waals surface area contributed by atoms with Crippen molar-refractivity contribution in [3.05, 3.63) is 23.1 Å². The molecule has 0 aromatic rings. The van der Waals surface area contributed by atoms with Gasteiger partial charge in [-0.3, -0.25) is 0 Å². The number of sulfonamides is 1. The first-order valence-electron chi connectivity index (χ1n) is 7.34. The van der Waals surface area contributed by atoms with Crippen LogP contribution >= 0.6 is 0 Å². The van der Waals surface area contributed by atoms with Crippen LogP contribution in [-0.4, -0.2) is 49.6 Å². The number of carboxylic acid groups (broad SMARTS) is 1. The van der Waals surface area contributed by atoms with Crippen LogP contribution < -0.4 is 11.1 Å². The second-order valence-corrected chi connectivity index (χ2v) is 7.65. The van der Waals surface area contributed by atoms with Gasteiger partial charge in [-0.05, 0) is 24.8 Å². The van der Waals surface area contributed by atoms with Crippen LogP contribution in [0.1, 0.15) is 26.7 Å². The van der Waals surface area contributed by atoms with Crippen LogP contribution in [0.3, 0.4) is 0 Å². The quantitative estimate of drug-likeness (QED) is 0.577. The molecule has 0 saturated carbocycles. The lowest BCUT2D eigenvalue weighted by Gasteiger charge is -2.25. The van der Waals surface area contributed by atoms with E-state index in [0.29, 0.717) is 19.4 Å². The molecule has 7 nitrogen and oxygen atoms in total. The van der Waals surface area contributed by atoms with Gasteiger partial charge in [-0.2, -0.15) is 4.31 Å². The Morgan fingerprint density at radius 2 is 2.23 bits per heavy atom. The number of nitrogens with two attached hydrogens (primary N) is 1. The Balaban J connectivity index is 2.77. The zero-order valence-corrected chi connectivity index (χ0v) is 13.8. The van der Waals surface area contributed by atoms with Gasteiger partial charge in [-0.25, -0.2) is 13.2 Å². The molecule has 126 valence electrons. The fourth-order valence-corrected chi connectivity index (χ4v) is 3.84. The number of rotatable bonds is 8. The summed E-state index contributed by atoms with van der Waals surface area (Å²) in [6.45, 7) is 4.78. The highest BCUT2D eigenvalue weighted by Gasteiger charge is 2.26.